The molecule has 0 saturated heterocycles. The van der Waals surface area contributed by atoms with Gasteiger partial charge in [0, 0.05) is 0 Å². The Morgan fingerprint density at radius 3 is 2.07 bits per heavy atom. The lowest BCUT2D eigenvalue weighted by molar-refractivity contribution is -0.145. The van der Waals surface area contributed by atoms with Gasteiger partial charge in [-0.15, -0.1) is 0 Å². The quantitative estimate of drug-likeness (QED) is 0.744. The molecular weight excluding hydrogens is 196 g/mol. The smallest absolute Gasteiger partial charge is 0.303 e. The van der Waals surface area contributed by atoms with Crippen molar-refractivity contribution in [3.8, 4) is 0 Å². The Balaban J connectivity index is 2.16. The van der Waals surface area contributed by atoms with E-state index in [-0.39, 0.29) is 12.8 Å². The van der Waals surface area contributed by atoms with Gasteiger partial charge < -0.3 is 10.2 Å². The minimum atomic E-state index is -0.858. The molecule has 0 aromatic rings. The average Bonchev–Trinajstić information content (AvgIpc) is 2.59. The number of carboxylic acid groups (broad SMARTS) is 2. The summed E-state index contributed by atoms with van der Waals surface area (Å²) in [5, 5.41) is 17.8. The highest BCUT2D eigenvalue weighted by Gasteiger charge is 2.52. The van der Waals surface area contributed by atoms with Crippen LogP contribution >= 0.6 is 0 Å². The van der Waals surface area contributed by atoms with E-state index in [2.05, 4.69) is 0 Å². The van der Waals surface area contributed by atoms with Gasteiger partial charge in [0.2, 0.25) is 0 Å². The predicted octanol–water partition coefficient (Wildman–Crippen LogP) is 1.74. The molecule has 4 heteroatoms. The van der Waals surface area contributed by atoms with Crippen molar-refractivity contribution in [2.24, 2.45) is 17.3 Å². The third kappa shape index (κ3) is 1.85. The highest BCUT2D eigenvalue weighted by Crippen LogP contribution is 2.59. The molecule has 2 aliphatic carbocycles. The van der Waals surface area contributed by atoms with E-state index >= 15 is 0 Å². The molecule has 2 atom stereocenters. The van der Waals surface area contributed by atoms with Crippen molar-refractivity contribution >= 4 is 11.9 Å². The van der Waals surface area contributed by atoms with Crippen molar-refractivity contribution in [2.75, 3.05) is 0 Å². The summed E-state index contributed by atoms with van der Waals surface area (Å²) >= 11 is 0. The SMILES string of the molecule is O=C(O)CC1(CC(=O)O)CC2CCC1C2. The zero-order valence-corrected chi connectivity index (χ0v) is 8.61. The highest BCUT2D eigenvalue weighted by molar-refractivity contribution is 5.72. The zero-order chi connectivity index (χ0) is 11.1. The highest BCUT2D eigenvalue weighted by atomic mass is 16.4. The first-order valence-corrected chi connectivity index (χ1v) is 5.45. The molecule has 2 bridgehead atoms. The lowest BCUT2D eigenvalue weighted by Crippen LogP contribution is -2.33. The fraction of sp³-hybridized carbons (Fsp3) is 0.818. The van der Waals surface area contributed by atoms with Crippen LogP contribution in [0.15, 0.2) is 0 Å². The molecule has 2 unspecified atom stereocenters. The third-order valence-corrected chi connectivity index (χ3v) is 4.11. The summed E-state index contributed by atoms with van der Waals surface area (Å²) in [6.07, 6.45) is 4.08. The van der Waals surface area contributed by atoms with Crippen LogP contribution in [0, 0.1) is 17.3 Å². The maximum atomic E-state index is 10.8. The number of hydrogen-bond acceptors (Lipinski definition) is 2. The summed E-state index contributed by atoms with van der Waals surface area (Å²) in [6, 6.07) is 0. The Labute approximate surface area is 88.3 Å². The molecule has 2 N–H and O–H groups in total. The van der Waals surface area contributed by atoms with Gasteiger partial charge in [0.05, 0.1) is 12.8 Å². The summed E-state index contributed by atoms with van der Waals surface area (Å²) in [7, 11) is 0. The third-order valence-electron chi connectivity index (χ3n) is 4.11. The van der Waals surface area contributed by atoms with Crippen molar-refractivity contribution in [3.05, 3.63) is 0 Å². The summed E-state index contributed by atoms with van der Waals surface area (Å²) in [5.74, 6) is -0.809. The topological polar surface area (TPSA) is 74.6 Å². The van der Waals surface area contributed by atoms with Gasteiger partial charge in [-0.2, -0.15) is 0 Å². The van der Waals surface area contributed by atoms with E-state index in [4.69, 9.17) is 10.2 Å². The molecule has 0 heterocycles. The van der Waals surface area contributed by atoms with E-state index < -0.39 is 17.4 Å². The standard InChI is InChI=1S/C11H16O4/c12-9(13)5-11(6-10(14)15)4-7-1-2-8(11)3-7/h7-8H,1-6H2,(H,12,13)(H,14,15). The van der Waals surface area contributed by atoms with E-state index in [1.807, 2.05) is 0 Å². The molecule has 0 aromatic heterocycles. The Bertz CT molecular complexity index is 281. The van der Waals surface area contributed by atoms with Gasteiger partial charge in [-0.05, 0) is 36.5 Å². The summed E-state index contributed by atoms with van der Waals surface area (Å²) in [4.78, 5) is 21.7. The van der Waals surface area contributed by atoms with Crippen molar-refractivity contribution < 1.29 is 19.8 Å². The molecule has 0 spiro atoms. The van der Waals surface area contributed by atoms with Gasteiger partial charge in [0.25, 0.3) is 0 Å². The zero-order valence-electron chi connectivity index (χ0n) is 8.61. The van der Waals surface area contributed by atoms with Crippen LogP contribution < -0.4 is 0 Å². The number of rotatable bonds is 4. The second kappa shape index (κ2) is 3.51. The number of aliphatic carboxylic acids is 2. The van der Waals surface area contributed by atoms with Gasteiger partial charge in [0.1, 0.15) is 0 Å². The van der Waals surface area contributed by atoms with E-state index in [9.17, 15) is 9.59 Å². The maximum absolute atomic E-state index is 10.8. The van der Waals surface area contributed by atoms with Gasteiger partial charge in [0.15, 0.2) is 0 Å². The lowest BCUT2D eigenvalue weighted by Gasteiger charge is -2.35. The predicted molar refractivity (Wildman–Crippen MR) is 52.4 cm³/mol. The van der Waals surface area contributed by atoms with Crippen molar-refractivity contribution in [1.82, 2.24) is 0 Å². The molecular formula is C11H16O4. The van der Waals surface area contributed by atoms with Crippen LogP contribution in [0.4, 0.5) is 0 Å². The Kier molecular flexibility index (Phi) is 2.44. The molecule has 0 aliphatic heterocycles. The Morgan fingerprint density at radius 2 is 1.73 bits per heavy atom. The molecule has 4 nitrogen and oxygen atoms in total. The first-order chi connectivity index (χ1) is 7.02. The molecule has 15 heavy (non-hydrogen) atoms. The van der Waals surface area contributed by atoms with Crippen LogP contribution in [0.5, 0.6) is 0 Å². The maximum Gasteiger partial charge on any atom is 0.303 e. The molecule has 2 saturated carbocycles. The second-order valence-electron chi connectivity index (χ2n) is 5.08. The van der Waals surface area contributed by atoms with E-state index in [0.29, 0.717) is 11.8 Å². The number of carbonyl (C=O) groups is 2. The largest absolute Gasteiger partial charge is 0.481 e. The van der Waals surface area contributed by atoms with E-state index in [0.717, 1.165) is 25.7 Å². The Morgan fingerprint density at radius 1 is 1.13 bits per heavy atom. The molecule has 2 aliphatic rings. The number of fused-ring (bicyclic) bond motifs is 2. The van der Waals surface area contributed by atoms with Crippen LogP contribution in [0.2, 0.25) is 0 Å². The second-order valence-corrected chi connectivity index (χ2v) is 5.08. The lowest BCUT2D eigenvalue weighted by atomic mass is 9.68. The van der Waals surface area contributed by atoms with Gasteiger partial charge >= 0.3 is 11.9 Å². The summed E-state index contributed by atoms with van der Waals surface area (Å²) in [6.45, 7) is 0. The van der Waals surface area contributed by atoms with E-state index in [1.165, 1.54) is 0 Å². The summed E-state index contributed by atoms with van der Waals surface area (Å²) in [5.41, 5.74) is -0.444. The monoisotopic (exact) mass is 212 g/mol. The van der Waals surface area contributed by atoms with Crippen LogP contribution in [0.25, 0.3) is 0 Å². The normalized spacial score (nSPS) is 31.7. The fourth-order valence-electron chi connectivity index (χ4n) is 3.66. The minimum Gasteiger partial charge on any atom is -0.481 e. The number of hydrogen-bond donors (Lipinski definition) is 2. The molecule has 0 amide bonds. The van der Waals surface area contributed by atoms with Gasteiger partial charge in [-0.1, -0.05) is 6.42 Å². The molecule has 2 fully saturated rings. The van der Waals surface area contributed by atoms with Crippen molar-refractivity contribution in [1.29, 1.82) is 0 Å². The Hall–Kier alpha value is -1.06. The van der Waals surface area contributed by atoms with Gasteiger partial charge in [-0.3, -0.25) is 9.59 Å². The molecule has 0 aromatic carbocycles. The number of carboxylic acids is 2. The molecule has 84 valence electrons. The average molecular weight is 212 g/mol. The first-order valence-electron chi connectivity index (χ1n) is 5.45. The van der Waals surface area contributed by atoms with Crippen LogP contribution in [-0.2, 0) is 9.59 Å². The van der Waals surface area contributed by atoms with E-state index in [1.54, 1.807) is 0 Å². The minimum absolute atomic E-state index is 0.0282. The molecule has 2 rings (SSSR count). The van der Waals surface area contributed by atoms with Crippen molar-refractivity contribution in [3.63, 3.8) is 0 Å². The van der Waals surface area contributed by atoms with Gasteiger partial charge in [-0.25, -0.2) is 0 Å². The van der Waals surface area contributed by atoms with Crippen LogP contribution in [-0.4, -0.2) is 22.2 Å². The van der Waals surface area contributed by atoms with Crippen molar-refractivity contribution in [2.45, 2.75) is 38.5 Å². The fourth-order valence-corrected chi connectivity index (χ4v) is 3.66. The molecule has 0 radical (unpaired) electrons. The van der Waals surface area contributed by atoms with Crippen LogP contribution in [0.3, 0.4) is 0 Å². The summed E-state index contributed by atoms with van der Waals surface area (Å²) < 4.78 is 0. The first kappa shape index (κ1) is 10.5. The van der Waals surface area contributed by atoms with Crippen LogP contribution in [0.1, 0.15) is 38.5 Å².